The van der Waals surface area contributed by atoms with E-state index >= 15 is 0 Å². The van der Waals surface area contributed by atoms with Crippen molar-refractivity contribution >= 4 is 18.1 Å². The summed E-state index contributed by atoms with van der Waals surface area (Å²) >= 11 is 0. The van der Waals surface area contributed by atoms with Crippen molar-refractivity contribution < 1.29 is 49.4 Å². The quantitative estimate of drug-likeness (QED) is 0.343. The summed E-state index contributed by atoms with van der Waals surface area (Å²) in [5.74, 6) is -0.946. The van der Waals surface area contributed by atoms with Crippen molar-refractivity contribution in [3.63, 3.8) is 0 Å². The second kappa shape index (κ2) is 7.51. The fraction of sp³-hybridized carbons (Fsp3) is 0.667. The van der Waals surface area contributed by atoms with Gasteiger partial charge in [-0.15, -0.1) is 0 Å². The van der Waals surface area contributed by atoms with Gasteiger partial charge in [0.05, 0.1) is 6.61 Å². The van der Waals surface area contributed by atoms with E-state index in [0.717, 1.165) is 6.92 Å². The number of aliphatic hydroxyl groups excluding tert-OH is 3. The molecule has 4 atom stereocenters. The van der Waals surface area contributed by atoms with Gasteiger partial charge in [-0.2, -0.15) is 0 Å². The van der Waals surface area contributed by atoms with Crippen LogP contribution in [0.2, 0.25) is 0 Å². The fourth-order valence-corrected chi connectivity index (χ4v) is 1.24. The third kappa shape index (κ3) is 5.50. The molecular weight excluding hydrogens is 268 g/mol. The van der Waals surface area contributed by atoms with Gasteiger partial charge in [0.1, 0.15) is 12.2 Å². The first-order valence-electron chi connectivity index (χ1n) is 4.97. The van der Waals surface area contributed by atoms with E-state index in [9.17, 15) is 24.6 Å². The normalized spacial score (nSPS) is 16.8. The van der Waals surface area contributed by atoms with Gasteiger partial charge in [0.2, 0.25) is 6.10 Å². The van der Waals surface area contributed by atoms with Gasteiger partial charge in [0.25, 0.3) is 0 Å². The highest BCUT2D eigenvalue weighted by Gasteiger charge is 2.41. The van der Waals surface area contributed by atoms with Crippen LogP contribution in [-0.2, 0) is 14.3 Å². The van der Waals surface area contributed by atoms with Crippen LogP contribution in [0, 0.1) is 0 Å². The number of Topliss-reactive ketones (excluding diaryl/α,β-unsaturated/α-hetero) is 1. The van der Waals surface area contributed by atoms with Crippen molar-refractivity contribution in [3.05, 3.63) is 0 Å². The molecule has 0 fully saturated rings. The van der Waals surface area contributed by atoms with Crippen LogP contribution in [0.15, 0.2) is 0 Å². The third-order valence-electron chi connectivity index (χ3n) is 2.08. The number of hydrogen-bond donors (Lipinski definition) is 5. The van der Waals surface area contributed by atoms with E-state index in [1.807, 2.05) is 0 Å². The van der Waals surface area contributed by atoms with Crippen LogP contribution in [0.25, 0.3) is 0 Å². The molecule has 10 nitrogen and oxygen atoms in total. The summed E-state index contributed by atoms with van der Waals surface area (Å²) in [6.07, 6.45) is -11.7. The maximum atomic E-state index is 11.2. The van der Waals surface area contributed by atoms with E-state index < -0.39 is 49.1 Å². The molecule has 0 heterocycles. The van der Waals surface area contributed by atoms with Gasteiger partial charge in [-0.3, -0.25) is 4.79 Å². The topological polar surface area (TPSA) is 171 Å². The molecule has 19 heavy (non-hydrogen) atoms. The monoisotopic (exact) mass is 282 g/mol. The molecule has 10 heteroatoms. The van der Waals surface area contributed by atoms with Gasteiger partial charge in [-0.1, -0.05) is 0 Å². The zero-order chi connectivity index (χ0) is 15.2. The fourth-order valence-electron chi connectivity index (χ4n) is 1.24. The molecule has 0 saturated heterocycles. The number of aliphatic hydroxyl groups is 3. The Labute approximate surface area is 106 Å². The Hall–Kier alpha value is -1.91. The van der Waals surface area contributed by atoms with Gasteiger partial charge in [0, 0.05) is 0 Å². The van der Waals surface area contributed by atoms with E-state index in [2.05, 4.69) is 9.47 Å². The molecule has 0 rings (SSSR count). The molecule has 0 aromatic heterocycles. The molecule has 0 aliphatic rings. The Kier molecular flexibility index (Phi) is 6.75. The highest BCUT2D eigenvalue weighted by molar-refractivity contribution is 5.83. The maximum Gasteiger partial charge on any atom is 0.506 e. The first-order valence-corrected chi connectivity index (χ1v) is 4.97. The number of rotatable bonds is 7. The number of ether oxygens (including phenoxy) is 2. The SMILES string of the molecule is CC(=O)[C@H](OC(=O)O)[C@@H](OC(=O)O)[C@H](O)[C@H](O)CO. The lowest BCUT2D eigenvalue weighted by atomic mass is 10.0. The van der Waals surface area contributed by atoms with E-state index in [1.165, 1.54) is 0 Å². The molecular formula is C9H14O10. The molecule has 0 spiro atoms. The molecule has 0 aliphatic heterocycles. The molecule has 0 aliphatic carbocycles. The summed E-state index contributed by atoms with van der Waals surface area (Å²) in [5.41, 5.74) is 0. The van der Waals surface area contributed by atoms with Crippen LogP contribution in [0.1, 0.15) is 6.92 Å². The molecule has 5 N–H and O–H groups in total. The molecule has 0 aromatic carbocycles. The first-order chi connectivity index (χ1) is 8.70. The minimum atomic E-state index is -2.05. The van der Waals surface area contributed by atoms with Crippen molar-refractivity contribution in [1.82, 2.24) is 0 Å². The smallest absolute Gasteiger partial charge is 0.450 e. The first kappa shape index (κ1) is 17.1. The van der Waals surface area contributed by atoms with Crippen molar-refractivity contribution in [3.8, 4) is 0 Å². The number of hydrogen-bond acceptors (Lipinski definition) is 8. The van der Waals surface area contributed by atoms with Crippen molar-refractivity contribution in [2.24, 2.45) is 0 Å². The van der Waals surface area contributed by atoms with Gasteiger partial charge in [0.15, 0.2) is 11.9 Å². The standard InChI is InChI=1S/C9H14O10/c1-3(11)6(18-8(14)15)7(19-9(16)17)5(13)4(12)2-10/h4-7,10,12-13H,2H2,1H3,(H,14,15)(H,16,17)/t4-,5-,6+,7+/m1/s1. The van der Waals surface area contributed by atoms with Crippen LogP contribution in [0.4, 0.5) is 9.59 Å². The Morgan fingerprint density at radius 2 is 1.53 bits per heavy atom. The molecule has 0 saturated carbocycles. The zero-order valence-electron chi connectivity index (χ0n) is 9.79. The molecule has 0 amide bonds. The number of carbonyl (C=O) groups is 3. The van der Waals surface area contributed by atoms with Gasteiger partial charge < -0.3 is 35.0 Å². The highest BCUT2D eigenvalue weighted by Crippen LogP contribution is 2.14. The zero-order valence-corrected chi connectivity index (χ0v) is 9.79. The van der Waals surface area contributed by atoms with E-state index in [-0.39, 0.29) is 0 Å². The molecule has 0 aromatic rings. The van der Waals surface area contributed by atoms with E-state index in [0.29, 0.717) is 0 Å². The van der Waals surface area contributed by atoms with Crippen LogP contribution >= 0.6 is 0 Å². The number of carboxylic acid groups (broad SMARTS) is 2. The molecule has 0 bridgehead atoms. The Balaban J connectivity index is 5.21. The molecule has 0 unspecified atom stereocenters. The summed E-state index contributed by atoms with van der Waals surface area (Å²) in [7, 11) is 0. The summed E-state index contributed by atoms with van der Waals surface area (Å²) in [6, 6.07) is 0. The lowest BCUT2D eigenvalue weighted by molar-refractivity contribution is -0.151. The van der Waals surface area contributed by atoms with Gasteiger partial charge in [-0.25, -0.2) is 9.59 Å². The van der Waals surface area contributed by atoms with Crippen LogP contribution in [-0.4, -0.2) is 74.6 Å². The molecule has 110 valence electrons. The van der Waals surface area contributed by atoms with E-state index in [1.54, 1.807) is 0 Å². The van der Waals surface area contributed by atoms with Crippen LogP contribution in [0.5, 0.6) is 0 Å². The van der Waals surface area contributed by atoms with E-state index in [4.69, 9.17) is 15.3 Å². The Morgan fingerprint density at radius 1 is 1.05 bits per heavy atom. The second-order valence-corrected chi connectivity index (χ2v) is 3.50. The average molecular weight is 282 g/mol. The van der Waals surface area contributed by atoms with Crippen molar-refractivity contribution in [1.29, 1.82) is 0 Å². The summed E-state index contributed by atoms with van der Waals surface area (Å²) < 4.78 is 8.26. The summed E-state index contributed by atoms with van der Waals surface area (Å²) in [4.78, 5) is 32.0. The highest BCUT2D eigenvalue weighted by atomic mass is 16.7. The lowest BCUT2D eigenvalue weighted by Crippen LogP contribution is -2.51. The van der Waals surface area contributed by atoms with Gasteiger partial charge >= 0.3 is 12.3 Å². The van der Waals surface area contributed by atoms with Crippen molar-refractivity contribution in [2.45, 2.75) is 31.3 Å². The van der Waals surface area contributed by atoms with Crippen molar-refractivity contribution in [2.75, 3.05) is 6.61 Å². The second-order valence-electron chi connectivity index (χ2n) is 3.50. The average Bonchev–Trinajstić information content (AvgIpc) is 2.30. The Bertz CT molecular complexity index is 340. The predicted octanol–water partition coefficient (Wildman–Crippen LogP) is -1.58. The largest absolute Gasteiger partial charge is 0.506 e. The lowest BCUT2D eigenvalue weighted by Gasteiger charge is -2.28. The summed E-state index contributed by atoms with van der Waals surface area (Å²) in [5, 5.41) is 44.2. The third-order valence-corrected chi connectivity index (χ3v) is 2.08. The van der Waals surface area contributed by atoms with Crippen LogP contribution in [0.3, 0.4) is 0 Å². The summed E-state index contributed by atoms with van der Waals surface area (Å²) in [6.45, 7) is -0.0811. The van der Waals surface area contributed by atoms with Gasteiger partial charge in [-0.05, 0) is 6.92 Å². The minimum Gasteiger partial charge on any atom is -0.450 e. The van der Waals surface area contributed by atoms with Crippen LogP contribution < -0.4 is 0 Å². The number of ketones is 1. The number of carbonyl (C=O) groups excluding carboxylic acids is 1. The molecule has 0 radical (unpaired) electrons. The minimum absolute atomic E-state index is 0.879. The maximum absolute atomic E-state index is 11.2. The predicted molar refractivity (Wildman–Crippen MR) is 55.6 cm³/mol. The Morgan fingerprint density at radius 3 is 1.84 bits per heavy atom.